The molecular weight excluding hydrogens is 264 g/mol. The van der Waals surface area contributed by atoms with E-state index in [2.05, 4.69) is 10.3 Å². The molecule has 1 aliphatic carbocycles. The molecule has 1 N–H and O–H groups in total. The lowest BCUT2D eigenvalue weighted by Crippen LogP contribution is -2.27. The second kappa shape index (κ2) is 5.32. The second-order valence-corrected chi connectivity index (χ2v) is 4.94. The van der Waals surface area contributed by atoms with Crippen LogP contribution in [0.15, 0.2) is 54.2 Å². The molecule has 4 nitrogen and oxygen atoms in total. The molecule has 1 aromatic carbocycles. The Bertz CT molecular complexity index is 749. The first-order chi connectivity index (χ1) is 10.1. The van der Waals surface area contributed by atoms with Crippen LogP contribution in [0, 0.1) is 6.92 Å². The summed E-state index contributed by atoms with van der Waals surface area (Å²) in [7, 11) is 0. The van der Waals surface area contributed by atoms with E-state index in [1.807, 2.05) is 30.3 Å². The molecule has 0 atom stereocenters. The third kappa shape index (κ3) is 2.60. The van der Waals surface area contributed by atoms with Gasteiger partial charge in [0.2, 0.25) is 5.78 Å². The number of aryl methyl sites for hydroxylation is 1. The molecule has 0 fully saturated rings. The molecule has 0 spiro atoms. The zero-order chi connectivity index (χ0) is 14.8. The average molecular weight is 278 g/mol. The third-order valence-corrected chi connectivity index (χ3v) is 3.36. The summed E-state index contributed by atoms with van der Waals surface area (Å²) in [6, 6.07) is 13.1. The van der Waals surface area contributed by atoms with Gasteiger partial charge in [-0.15, -0.1) is 0 Å². The van der Waals surface area contributed by atoms with Crippen LogP contribution in [0.4, 0.5) is 0 Å². The first-order valence-corrected chi connectivity index (χ1v) is 6.71. The molecule has 21 heavy (non-hydrogen) atoms. The highest BCUT2D eigenvalue weighted by Gasteiger charge is 2.26. The highest BCUT2D eigenvalue weighted by atomic mass is 16.1. The number of nitrogens with zero attached hydrogens (tertiary/aromatic N) is 1. The zero-order valence-electron chi connectivity index (χ0n) is 11.6. The minimum absolute atomic E-state index is 0.187. The van der Waals surface area contributed by atoms with E-state index >= 15 is 0 Å². The number of nitrogens with one attached hydrogen (secondary N) is 1. The molecule has 104 valence electrons. The number of rotatable bonds is 3. The molecule has 0 amide bonds. The van der Waals surface area contributed by atoms with Gasteiger partial charge in [-0.1, -0.05) is 30.3 Å². The second-order valence-electron chi connectivity index (χ2n) is 4.94. The molecule has 0 unspecified atom stereocenters. The number of Topliss-reactive ketones (excluding diaryl/α,β-unsaturated/α-hetero) is 1. The highest BCUT2D eigenvalue weighted by molar-refractivity contribution is 6.23. The molecule has 0 saturated heterocycles. The van der Waals surface area contributed by atoms with Gasteiger partial charge < -0.3 is 5.32 Å². The SMILES string of the molecule is Cc1ccc2c(n1)C(=O)C(NCc1ccccc1)=CC2=O. The summed E-state index contributed by atoms with van der Waals surface area (Å²) < 4.78 is 0. The van der Waals surface area contributed by atoms with E-state index in [1.165, 1.54) is 6.08 Å². The van der Waals surface area contributed by atoms with Crippen LogP contribution in [0.25, 0.3) is 0 Å². The normalized spacial score (nSPS) is 13.7. The number of benzene rings is 1. The van der Waals surface area contributed by atoms with Gasteiger partial charge in [0.15, 0.2) is 5.78 Å². The Morgan fingerprint density at radius 1 is 1.05 bits per heavy atom. The number of fused-ring (bicyclic) bond motifs is 1. The summed E-state index contributed by atoms with van der Waals surface area (Å²) in [5.41, 5.74) is 2.67. The van der Waals surface area contributed by atoms with Gasteiger partial charge in [-0.3, -0.25) is 9.59 Å². The summed E-state index contributed by atoms with van der Waals surface area (Å²) in [6.45, 7) is 2.29. The smallest absolute Gasteiger partial charge is 0.228 e. The van der Waals surface area contributed by atoms with Crippen LogP contribution in [0.3, 0.4) is 0 Å². The Morgan fingerprint density at radius 3 is 2.57 bits per heavy atom. The maximum atomic E-state index is 12.4. The van der Waals surface area contributed by atoms with Gasteiger partial charge in [-0.25, -0.2) is 4.98 Å². The maximum Gasteiger partial charge on any atom is 0.228 e. The van der Waals surface area contributed by atoms with Crippen molar-refractivity contribution in [2.45, 2.75) is 13.5 Å². The van der Waals surface area contributed by atoms with Crippen molar-refractivity contribution in [1.82, 2.24) is 10.3 Å². The molecule has 0 radical (unpaired) electrons. The fourth-order valence-electron chi connectivity index (χ4n) is 2.26. The van der Waals surface area contributed by atoms with Crippen LogP contribution in [0.1, 0.15) is 32.1 Å². The summed E-state index contributed by atoms with van der Waals surface area (Å²) in [5.74, 6) is -0.420. The number of carbonyl (C=O) groups excluding carboxylic acids is 2. The van der Waals surface area contributed by atoms with E-state index in [-0.39, 0.29) is 17.3 Å². The highest BCUT2D eigenvalue weighted by Crippen LogP contribution is 2.19. The molecule has 1 aliphatic rings. The Labute approximate surface area is 122 Å². The van der Waals surface area contributed by atoms with Crippen molar-refractivity contribution in [3.05, 3.63) is 76.8 Å². The van der Waals surface area contributed by atoms with Crippen LogP contribution < -0.4 is 5.32 Å². The summed E-state index contributed by atoms with van der Waals surface area (Å²) >= 11 is 0. The Hall–Kier alpha value is -2.75. The van der Waals surface area contributed by atoms with Gasteiger partial charge in [0.1, 0.15) is 5.69 Å². The van der Waals surface area contributed by atoms with Gasteiger partial charge in [-0.2, -0.15) is 0 Å². The standard InChI is InChI=1S/C17H14N2O2/c1-11-7-8-13-15(20)9-14(17(21)16(13)19-11)18-10-12-5-3-2-4-6-12/h2-9,18H,10H2,1H3. The van der Waals surface area contributed by atoms with Crippen LogP contribution in [-0.2, 0) is 6.54 Å². The monoisotopic (exact) mass is 278 g/mol. The number of pyridine rings is 1. The van der Waals surface area contributed by atoms with Crippen molar-refractivity contribution in [2.24, 2.45) is 0 Å². The van der Waals surface area contributed by atoms with Gasteiger partial charge in [-0.05, 0) is 24.6 Å². The minimum Gasteiger partial charge on any atom is -0.378 e. The largest absolute Gasteiger partial charge is 0.378 e. The lowest BCUT2D eigenvalue weighted by molar-refractivity contribution is 0.0973. The predicted octanol–water partition coefficient (Wildman–Crippen LogP) is 2.44. The quantitative estimate of drug-likeness (QED) is 0.937. The predicted molar refractivity (Wildman–Crippen MR) is 79.0 cm³/mol. The first-order valence-electron chi connectivity index (χ1n) is 6.71. The molecule has 1 heterocycles. The Balaban J connectivity index is 1.84. The summed E-state index contributed by atoms with van der Waals surface area (Å²) in [4.78, 5) is 28.6. The van der Waals surface area contributed by atoms with Crippen LogP contribution in [0.2, 0.25) is 0 Å². The van der Waals surface area contributed by atoms with Crippen molar-refractivity contribution in [3.63, 3.8) is 0 Å². The molecule has 2 aromatic rings. The van der Waals surface area contributed by atoms with Gasteiger partial charge in [0, 0.05) is 18.3 Å². The molecule has 0 aliphatic heterocycles. The molecule has 0 saturated carbocycles. The van der Waals surface area contributed by atoms with Crippen molar-refractivity contribution < 1.29 is 9.59 Å². The number of carbonyl (C=O) groups is 2. The lowest BCUT2D eigenvalue weighted by atomic mass is 9.97. The third-order valence-electron chi connectivity index (χ3n) is 3.36. The van der Waals surface area contributed by atoms with Gasteiger partial charge >= 0.3 is 0 Å². The Kier molecular flexibility index (Phi) is 3.36. The van der Waals surface area contributed by atoms with Crippen molar-refractivity contribution in [2.75, 3.05) is 0 Å². The topological polar surface area (TPSA) is 59.1 Å². The van der Waals surface area contributed by atoms with Gasteiger partial charge in [0.05, 0.1) is 11.3 Å². The summed E-state index contributed by atoms with van der Waals surface area (Å²) in [5, 5.41) is 3.03. The van der Waals surface area contributed by atoms with Crippen molar-refractivity contribution in [1.29, 1.82) is 0 Å². The summed E-state index contributed by atoms with van der Waals surface area (Å²) in [6.07, 6.45) is 1.35. The molecule has 1 aromatic heterocycles. The van der Waals surface area contributed by atoms with Crippen LogP contribution >= 0.6 is 0 Å². The number of ketones is 2. The molecule has 4 heteroatoms. The van der Waals surface area contributed by atoms with Crippen LogP contribution in [0.5, 0.6) is 0 Å². The number of hydrogen-bond donors (Lipinski definition) is 1. The van der Waals surface area contributed by atoms with Crippen molar-refractivity contribution in [3.8, 4) is 0 Å². The number of aromatic nitrogens is 1. The minimum atomic E-state index is -0.232. The van der Waals surface area contributed by atoms with E-state index in [0.717, 1.165) is 11.3 Å². The van der Waals surface area contributed by atoms with E-state index in [4.69, 9.17) is 0 Å². The molecular formula is C17H14N2O2. The zero-order valence-corrected chi connectivity index (χ0v) is 11.6. The van der Waals surface area contributed by atoms with E-state index < -0.39 is 0 Å². The van der Waals surface area contributed by atoms with E-state index in [0.29, 0.717) is 17.8 Å². The Morgan fingerprint density at radius 2 is 1.81 bits per heavy atom. The van der Waals surface area contributed by atoms with E-state index in [9.17, 15) is 9.59 Å². The fraction of sp³-hybridized carbons (Fsp3) is 0.118. The fourth-order valence-corrected chi connectivity index (χ4v) is 2.26. The van der Waals surface area contributed by atoms with E-state index in [1.54, 1.807) is 19.1 Å². The average Bonchev–Trinajstić information content (AvgIpc) is 2.50. The maximum absolute atomic E-state index is 12.4. The number of hydrogen-bond acceptors (Lipinski definition) is 4. The van der Waals surface area contributed by atoms with Crippen molar-refractivity contribution >= 4 is 11.6 Å². The molecule has 0 bridgehead atoms. The molecule has 3 rings (SSSR count). The van der Waals surface area contributed by atoms with Crippen LogP contribution in [-0.4, -0.2) is 16.6 Å². The number of allylic oxidation sites excluding steroid dienone is 2. The lowest BCUT2D eigenvalue weighted by Gasteiger charge is -2.16. The first kappa shape index (κ1) is 13.2. The van der Waals surface area contributed by atoms with Gasteiger partial charge in [0.25, 0.3) is 0 Å².